The molecule has 0 atom stereocenters. The number of hydrogen-bond acceptors (Lipinski definition) is 3. The van der Waals surface area contributed by atoms with Crippen LogP contribution in [-0.4, -0.2) is 32.2 Å². The Morgan fingerprint density at radius 1 is 1.12 bits per heavy atom. The van der Waals surface area contributed by atoms with Gasteiger partial charge < -0.3 is 15.0 Å². The Morgan fingerprint density at radius 2 is 1.85 bits per heavy atom. The van der Waals surface area contributed by atoms with Crippen molar-refractivity contribution in [3.8, 4) is 0 Å². The molecular formula is C18H16ClF3N2O2. The fourth-order valence-electron chi connectivity index (χ4n) is 2.72. The lowest BCUT2D eigenvalue weighted by Gasteiger charge is -2.30. The first-order chi connectivity index (χ1) is 12.3. The first-order valence-corrected chi connectivity index (χ1v) is 8.33. The third-order valence-electron chi connectivity index (χ3n) is 4.01. The van der Waals surface area contributed by atoms with E-state index < -0.39 is 17.6 Å². The van der Waals surface area contributed by atoms with Crippen molar-refractivity contribution in [1.82, 2.24) is 0 Å². The van der Waals surface area contributed by atoms with Crippen molar-refractivity contribution in [2.24, 2.45) is 0 Å². The molecule has 1 fully saturated rings. The second kappa shape index (κ2) is 7.55. The SMILES string of the molecule is O=C(Nc1cc(Cl)ccc1N1CCOCC1)c1cccc(C(F)(F)F)c1. The maximum Gasteiger partial charge on any atom is 0.416 e. The van der Waals surface area contributed by atoms with Crippen molar-refractivity contribution in [2.45, 2.75) is 6.18 Å². The van der Waals surface area contributed by atoms with Gasteiger partial charge in [-0.3, -0.25) is 4.79 Å². The topological polar surface area (TPSA) is 41.6 Å². The van der Waals surface area contributed by atoms with Crippen molar-refractivity contribution in [3.63, 3.8) is 0 Å². The molecular weight excluding hydrogens is 369 g/mol. The number of anilines is 2. The predicted octanol–water partition coefficient (Wildman–Crippen LogP) is 4.45. The molecule has 3 rings (SSSR count). The number of carbonyl (C=O) groups excluding carboxylic acids is 1. The second-order valence-corrected chi connectivity index (χ2v) is 6.23. The normalized spacial score (nSPS) is 15.0. The van der Waals surface area contributed by atoms with Crippen molar-refractivity contribution in [1.29, 1.82) is 0 Å². The van der Waals surface area contributed by atoms with Gasteiger partial charge in [0.15, 0.2) is 0 Å². The molecule has 0 saturated carbocycles. The maximum absolute atomic E-state index is 12.9. The number of nitrogens with zero attached hydrogens (tertiary/aromatic N) is 1. The molecule has 2 aromatic carbocycles. The van der Waals surface area contributed by atoms with E-state index in [1.807, 2.05) is 4.90 Å². The summed E-state index contributed by atoms with van der Waals surface area (Å²) >= 11 is 6.03. The molecule has 2 aromatic rings. The van der Waals surface area contributed by atoms with Crippen LogP contribution in [0.1, 0.15) is 15.9 Å². The van der Waals surface area contributed by atoms with E-state index in [1.165, 1.54) is 12.1 Å². The molecule has 1 N–H and O–H groups in total. The van der Waals surface area contributed by atoms with Crippen LogP contribution in [-0.2, 0) is 10.9 Å². The Labute approximate surface area is 153 Å². The Hall–Kier alpha value is -2.25. The van der Waals surface area contributed by atoms with Gasteiger partial charge in [-0.15, -0.1) is 0 Å². The van der Waals surface area contributed by atoms with Gasteiger partial charge in [-0.1, -0.05) is 17.7 Å². The number of alkyl halides is 3. The number of hydrogen-bond donors (Lipinski definition) is 1. The first-order valence-electron chi connectivity index (χ1n) is 7.95. The van der Waals surface area contributed by atoms with Crippen LogP contribution < -0.4 is 10.2 Å². The highest BCUT2D eigenvalue weighted by molar-refractivity contribution is 6.31. The highest BCUT2D eigenvalue weighted by atomic mass is 35.5. The average molecular weight is 385 g/mol. The van der Waals surface area contributed by atoms with Crippen molar-refractivity contribution in [2.75, 3.05) is 36.5 Å². The van der Waals surface area contributed by atoms with E-state index in [-0.39, 0.29) is 5.56 Å². The van der Waals surface area contributed by atoms with Crippen LogP contribution in [0, 0.1) is 0 Å². The number of halogens is 4. The van der Waals surface area contributed by atoms with E-state index in [0.717, 1.165) is 17.8 Å². The van der Waals surface area contributed by atoms with Crippen molar-refractivity contribution < 1.29 is 22.7 Å². The van der Waals surface area contributed by atoms with Crippen LogP contribution in [0.25, 0.3) is 0 Å². The number of amides is 1. The van der Waals surface area contributed by atoms with Gasteiger partial charge >= 0.3 is 6.18 Å². The van der Waals surface area contributed by atoms with Crippen molar-refractivity contribution in [3.05, 3.63) is 58.6 Å². The third kappa shape index (κ3) is 4.28. The largest absolute Gasteiger partial charge is 0.416 e. The molecule has 1 amide bonds. The van der Waals surface area contributed by atoms with Gasteiger partial charge in [-0.05, 0) is 36.4 Å². The minimum atomic E-state index is -4.51. The Kier molecular flexibility index (Phi) is 5.38. The summed E-state index contributed by atoms with van der Waals surface area (Å²) < 4.78 is 43.9. The maximum atomic E-state index is 12.9. The molecule has 0 aromatic heterocycles. The smallest absolute Gasteiger partial charge is 0.378 e. The van der Waals surface area contributed by atoms with Crippen LogP contribution in [0.2, 0.25) is 5.02 Å². The van der Waals surface area contributed by atoms with E-state index in [2.05, 4.69) is 5.32 Å². The second-order valence-electron chi connectivity index (χ2n) is 5.79. The summed E-state index contributed by atoms with van der Waals surface area (Å²) in [5.41, 5.74) is 0.247. The summed E-state index contributed by atoms with van der Waals surface area (Å²) in [6.07, 6.45) is -4.51. The summed E-state index contributed by atoms with van der Waals surface area (Å²) in [5, 5.41) is 3.09. The Balaban J connectivity index is 1.86. The standard InChI is InChI=1S/C18H16ClF3N2O2/c19-14-4-5-16(24-6-8-26-9-7-24)15(11-14)23-17(25)12-2-1-3-13(10-12)18(20,21)22/h1-5,10-11H,6-9H2,(H,23,25). The minimum Gasteiger partial charge on any atom is -0.378 e. The average Bonchev–Trinajstić information content (AvgIpc) is 2.62. The van der Waals surface area contributed by atoms with E-state index in [4.69, 9.17) is 16.3 Å². The van der Waals surface area contributed by atoms with E-state index in [9.17, 15) is 18.0 Å². The number of benzene rings is 2. The van der Waals surface area contributed by atoms with Gasteiger partial charge in [0.05, 0.1) is 30.2 Å². The molecule has 0 spiro atoms. The quantitative estimate of drug-likeness (QED) is 0.850. The van der Waals surface area contributed by atoms with Crippen LogP contribution in [0.3, 0.4) is 0 Å². The number of nitrogens with one attached hydrogen (secondary N) is 1. The Morgan fingerprint density at radius 3 is 2.54 bits per heavy atom. The molecule has 1 aliphatic heterocycles. The van der Waals surface area contributed by atoms with E-state index >= 15 is 0 Å². The number of morpholine rings is 1. The number of rotatable bonds is 3. The zero-order chi connectivity index (χ0) is 18.7. The lowest BCUT2D eigenvalue weighted by molar-refractivity contribution is -0.137. The molecule has 1 saturated heterocycles. The minimum absolute atomic E-state index is 0.0762. The summed E-state index contributed by atoms with van der Waals surface area (Å²) in [5.74, 6) is -0.632. The molecule has 1 aliphatic rings. The van der Waals surface area contributed by atoms with Crippen LogP contribution >= 0.6 is 11.6 Å². The zero-order valence-corrected chi connectivity index (χ0v) is 14.4. The summed E-state index contributed by atoms with van der Waals surface area (Å²) in [6.45, 7) is 2.41. The van der Waals surface area contributed by atoms with E-state index in [0.29, 0.717) is 37.0 Å². The summed E-state index contributed by atoms with van der Waals surface area (Å²) in [7, 11) is 0. The van der Waals surface area contributed by atoms with Crippen LogP contribution in [0.15, 0.2) is 42.5 Å². The summed E-state index contributed by atoms with van der Waals surface area (Å²) in [4.78, 5) is 14.5. The highest BCUT2D eigenvalue weighted by Gasteiger charge is 2.31. The molecule has 0 unspecified atom stereocenters. The lowest BCUT2D eigenvalue weighted by Crippen LogP contribution is -2.36. The zero-order valence-electron chi connectivity index (χ0n) is 13.6. The lowest BCUT2D eigenvalue weighted by atomic mass is 10.1. The first kappa shape index (κ1) is 18.5. The van der Waals surface area contributed by atoms with Crippen LogP contribution in [0.4, 0.5) is 24.5 Å². The van der Waals surface area contributed by atoms with Gasteiger partial charge in [0.2, 0.25) is 0 Å². The van der Waals surface area contributed by atoms with Gasteiger partial charge in [0, 0.05) is 23.7 Å². The third-order valence-corrected chi connectivity index (χ3v) is 4.25. The highest BCUT2D eigenvalue weighted by Crippen LogP contribution is 2.32. The molecule has 8 heteroatoms. The number of ether oxygens (including phenoxy) is 1. The molecule has 4 nitrogen and oxygen atoms in total. The molecule has 1 heterocycles. The number of carbonyl (C=O) groups is 1. The van der Waals surface area contributed by atoms with Gasteiger partial charge in [-0.2, -0.15) is 13.2 Å². The molecule has 0 aliphatic carbocycles. The predicted molar refractivity (Wildman–Crippen MR) is 93.9 cm³/mol. The van der Waals surface area contributed by atoms with Crippen LogP contribution in [0.5, 0.6) is 0 Å². The molecule has 0 bridgehead atoms. The molecule has 138 valence electrons. The molecule has 0 radical (unpaired) electrons. The molecule has 26 heavy (non-hydrogen) atoms. The fourth-order valence-corrected chi connectivity index (χ4v) is 2.89. The van der Waals surface area contributed by atoms with Gasteiger partial charge in [0.25, 0.3) is 5.91 Å². The monoisotopic (exact) mass is 384 g/mol. The van der Waals surface area contributed by atoms with Gasteiger partial charge in [-0.25, -0.2) is 0 Å². The van der Waals surface area contributed by atoms with Gasteiger partial charge in [0.1, 0.15) is 0 Å². The summed E-state index contributed by atoms with van der Waals surface area (Å²) in [6, 6.07) is 9.35. The van der Waals surface area contributed by atoms with E-state index in [1.54, 1.807) is 18.2 Å². The Bertz CT molecular complexity index is 805. The fraction of sp³-hybridized carbons (Fsp3) is 0.278. The van der Waals surface area contributed by atoms with Crippen molar-refractivity contribution >= 4 is 28.9 Å².